The third kappa shape index (κ3) is 3.88. The molecular weight excluding hydrogens is 452 g/mol. The van der Waals surface area contributed by atoms with Crippen molar-refractivity contribution < 1.29 is 4.74 Å². The summed E-state index contributed by atoms with van der Waals surface area (Å²) in [4.78, 5) is 19.6. The largest absolute Gasteiger partial charge is 0.490 e. The van der Waals surface area contributed by atoms with Gasteiger partial charge >= 0.3 is 0 Å². The number of rotatable bonds is 5. The Balaban J connectivity index is 1.55. The fourth-order valence-electron chi connectivity index (χ4n) is 4.96. The van der Waals surface area contributed by atoms with Crippen molar-refractivity contribution in [2.45, 2.75) is 18.9 Å². The van der Waals surface area contributed by atoms with Gasteiger partial charge in [0.2, 0.25) is 0 Å². The number of allylic oxidation sites excluding steroid dienone is 1. The topological polar surface area (TPSA) is 43.6 Å². The predicted octanol–water partition coefficient (Wildman–Crippen LogP) is 4.88. The van der Waals surface area contributed by atoms with Crippen molar-refractivity contribution in [3.05, 3.63) is 139 Å². The fraction of sp³-hybridized carbons (Fsp3) is 0.133. The number of hydrogen-bond acceptors (Lipinski definition) is 4. The lowest BCUT2D eigenvalue weighted by Crippen LogP contribution is -2.38. The minimum absolute atomic E-state index is 0.00887. The van der Waals surface area contributed by atoms with Crippen LogP contribution < -0.4 is 19.6 Å². The van der Waals surface area contributed by atoms with Crippen LogP contribution in [-0.2, 0) is 6.42 Å². The molecule has 0 bridgehead atoms. The summed E-state index contributed by atoms with van der Waals surface area (Å²) in [6.07, 6.45) is 5.50. The highest BCUT2D eigenvalue weighted by atomic mass is 32.1. The zero-order valence-corrected chi connectivity index (χ0v) is 20.0. The van der Waals surface area contributed by atoms with Gasteiger partial charge in [-0.25, -0.2) is 4.99 Å². The van der Waals surface area contributed by atoms with E-state index in [1.807, 2.05) is 53.1 Å². The summed E-state index contributed by atoms with van der Waals surface area (Å²) < 4.78 is 8.23. The van der Waals surface area contributed by atoms with Crippen molar-refractivity contribution in [3.8, 4) is 5.75 Å². The summed E-state index contributed by atoms with van der Waals surface area (Å²) in [5.41, 5.74) is 6.76. The van der Waals surface area contributed by atoms with Gasteiger partial charge < -0.3 is 4.74 Å². The van der Waals surface area contributed by atoms with E-state index in [9.17, 15) is 4.79 Å². The molecule has 1 aliphatic carbocycles. The molecule has 1 unspecified atom stereocenters. The quantitative estimate of drug-likeness (QED) is 0.385. The zero-order chi connectivity index (χ0) is 23.8. The second kappa shape index (κ2) is 9.01. The molecule has 0 spiro atoms. The lowest BCUT2D eigenvalue weighted by Gasteiger charge is -2.30. The average molecular weight is 477 g/mol. The summed E-state index contributed by atoms with van der Waals surface area (Å²) >= 11 is 1.45. The Morgan fingerprint density at radius 3 is 2.71 bits per heavy atom. The maximum atomic E-state index is 13.8. The fourth-order valence-corrected chi connectivity index (χ4v) is 5.96. The molecule has 1 atom stereocenters. The van der Waals surface area contributed by atoms with Crippen LogP contribution in [0.4, 0.5) is 0 Å². The Hall–Kier alpha value is -3.96. The van der Waals surface area contributed by atoms with Crippen LogP contribution in [0.3, 0.4) is 0 Å². The molecule has 0 saturated heterocycles. The van der Waals surface area contributed by atoms with Crippen LogP contribution in [-0.4, -0.2) is 11.2 Å². The Morgan fingerprint density at radius 1 is 1.03 bits per heavy atom. The van der Waals surface area contributed by atoms with Gasteiger partial charge in [-0.2, -0.15) is 0 Å². The molecule has 1 aliphatic heterocycles. The minimum atomic E-state index is -0.153. The average Bonchev–Trinajstić information content (AvgIpc) is 3.21. The van der Waals surface area contributed by atoms with Gasteiger partial charge in [-0.1, -0.05) is 90.7 Å². The first kappa shape index (κ1) is 21.6. The Morgan fingerprint density at radius 2 is 1.86 bits per heavy atom. The number of ether oxygens (including phenoxy) is 1. The first-order valence-electron chi connectivity index (χ1n) is 11.7. The van der Waals surface area contributed by atoms with E-state index in [0.29, 0.717) is 11.1 Å². The Bertz CT molecular complexity index is 1640. The third-order valence-electron chi connectivity index (χ3n) is 6.51. The van der Waals surface area contributed by atoms with Crippen LogP contribution in [0, 0.1) is 0 Å². The van der Waals surface area contributed by atoms with E-state index in [4.69, 9.17) is 9.73 Å². The molecule has 3 aromatic carbocycles. The second-order valence-corrected chi connectivity index (χ2v) is 9.71. The Labute approximate surface area is 207 Å². The van der Waals surface area contributed by atoms with Crippen molar-refractivity contribution in [2.24, 2.45) is 4.99 Å². The summed E-state index contributed by atoms with van der Waals surface area (Å²) in [6.45, 7) is 4.14. The van der Waals surface area contributed by atoms with Crippen molar-refractivity contribution in [2.75, 3.05) is 6.61 Å². The molecule has 4 nitrogen and oxygen atoms in total. The van der Waals surface area contributed by atoms with Crippen LogP contribution in [0.15, 0.2) is 107 Å². The molecule has 35 heavy (non-hydrogen) atoms. The van der Waals surface area contributed by atoms with Gasteiger partial charge in [0, 0.05) is 5.56 Å². The van der Waals surface area contributed by atoms with Gasteiger partial charge in [-0.15, -0.1) is 0 Å². The number of fused-ring (bicyclic) bond motifs is 3. The molecule has 172 valence electrons. The maximum Gasteiger partial charge on any atom is 0.271 e. The first-order valence-corrected chi connectivity index (χ1v) is 12.6. The monoisotopic (exact) mass is 476 g/mol. The van der Waals surface area contributed by atoms with Crippen molar-refractivity contribution in [1.82, 2.24) is 4.57 Å². The molecule has 2 heterocycles. The van der Waals surface area contributed by atoms with Gasteiger partial charge in [0.25, 0.3) is 5.56 Å². The molecule has 5 heteroatoms. The number of nitrogens with zero attached hydrogens (tertiary/aromatic N) is 2. The first-order chi connectivity index (χ1) is 17.2. The maximum absolute atomic E-state index is 13.8. The number of aryl methyl sites for hydroxylation is 1. The number of thiazole rings is 1. The lowest BCUT2D eigenvalue weighted by atomic mass is 9.83. The van der Waals surface area contributed by atoms with Gasteiger partial charge in [0.05, 0.1) is 16.3 Å². The van der Waals surface area contributed by atoms with Crippen molar-refractivity contribution in [3.63, 3.8) is 0 Å². The normalized spacial score (nSPS) is 16.7. The van der Waals surface area contributed by atoms with Crippen LogP contribution in [0.25, 0.3) is 11.8 Å². The summed E-state index contributed by atoms with van der Waals surface area (Å²) in [6, 6.07) is 26.4. The van der Waals surface area contributed by atoms with E-state index in [0.717, 1.165) is 40.2 Å². The van der Waals surface area contributed by atoms with Crippen LogP contribution in [0.2, 0.25) is 0 Å². The van der Waals surface area contributed by atoms with E-state index in [1.165, 1.54) is 28.0 Å². The van der Waals surface area contributed by atoms with E-state index in [2.05, 4.69) is 43.0 Å². The number of benzene rings is 3. The molecular formula is C30H24N2O2S. The van der Waals surface area contributed by atoms with Crippen molar-refractivity contribution in [1.29, 1.82) is 0 Å². The van der Waals surface area contributed by atoms with Crippen LogP contribution >= 0.6 is 11.3 Å². The highest BCUT2D eigenvalue weighted by Gasteiger charge is 2.32. The molecule has 0 fully saturated rings. The molecule has 2 aliphatic rings. The molecule has 6 rings (SSSR count). The van der Waals surface area contributed by atoms with Crippen molar-refractivity contribution >= 4 is 23.1 Å². The highest BCUT2D eigenvalue weighted by Crippen LogP contribution is 2.41. The Kier molecular flexibility index (Phi) is 5.55. The zero-order valence-electron chi connectivity index (χ0n) is 19.2. The van der Waals surface area contributed by atoms with Gasteiger partial charge in [-0.05, 0) is 53.3 Å². The number of aromatic nitrogens is 1. The molecule has 0 saturated carbocycles. The van der Waals surface area contributed by atoms with Crippen LogP contribution in [0.1, 0.15) is 34.7 Å². The number of hydrogen-bond donors (Lipinski definition) is 0. The van der Waals surface area contributed by atoms with Crippen LogP contribution in [0.5, 0.6) is 5.75 Å². The van der Waals surface area contributed by atoms with Gasteiger partial charge in [0.15, 0.2) is 4.80 Å². The minimum Gasteiger partial charge on any atom is -0.490 e. The van der Waals surface area contributed by atoms with E-state index >= 15 is 0 Å². The molecule has 0 amide bonds. The smallest absolute Gasteiger partial charge is 0.271 e. The molecule has 4 aromatic rings. The lowest BCUT2D eigenvalue weighted by molar-refractivity contribution is 0.363. The van der Waals surface area contributed by atoms with E-state index < -0.39 is 0 Å². The predicted molar refractivity (Wildman–Crippen MR) is 141 cm³/mol. The standard InChI is InChI=1S/C30H24N2O2S/c1-2-17-34-23-13-8-9-20(18-23)19-26-29(33)32-28(22-11-4-3-5-12-22)25-16-15-21-10-6-7-14-24(21)27(25)31-30(32)35-26/h2-14,18-19,28H,1,15-17H2. The second-order valence-electron chi connectivity index (χ2n) is 8.70. The third-order valence-corrected chi connectivity index (χ3v) is 7.49. The summed E-state index contributed by atoms with van der Waals surface area (Å²) in [5, 5.41) is 0. The molecule has 0 radical (unpaired) electrons. The van der Waals surface area contributed by atoms with Gasteiger partial charge in [0.1, 0.15) is 12.4 Å². The summed E-state index contributed by atoms with van der Waals surface area (Å²) in [7, 11) is 0. The summed E-state index contributed by atoms with van der Waals surface area (Å²) in [5.74, 6) is 0.751. The molecule has 1 aromatic heterocycles. The van der Waals surface area contributed by atoms with Gasteiger partial charge in [-0.3, -0.25) is 9.36 Å². The highest BCUT2D eigenvalue weighted by molar-refractivity contribution is 7.07. The SMILES string of the molecule is C=CCOc1cccc(C=c2sc3n(c2=O)C(c2ccccc2)C2=C(N=3)c3ccccc3CC2)c1. The van der Waals surface area contributed by atoms with E-state index in [1.54, 1.807) is 6.08 Å². The van der Waals surface area contributed by atoms with E-state index in [-0.39, 0.29) is 11.6 Å². The molecule has 0 N–H and O–H groups in total.